The second kappa shape index (κ2) is 9.25. The number of carbonyl (C=O) groups is 1. The van der Waals surface area contributed by atoms with Crippen LogP contribution in [0.5, 0.6) is 5.75 Å². The lowest BCUT2D eigenvalue weighted by molar-refractivity contribution is 0.240. The number of benzene rings is 1. The van der Waals surface area contributed by atoms with Crippen LogP contribution >= 0.6 is 0 Å². The number of para-hydroxylation sites is 1. The summed E-state index contributed by atoms with van der Waals surface area (Å²) in [5.74, 6) is 0.830. The van der Waals surface area contributed by atoms with Crippen molar-refractivity contribution in [2.75, 3.05) is 13.2 Å². The van der Waals surface area contributed by atoms with Crippen molar-refractivity contribution in [2.24, 2.45) is 0 Å². The van der Waals surface area contributed by atoms with Gasteiger partial charge in [0.1, 0.15) is 5.75 Å². The van der Waals surface area contributed by atoms with E-state index < -0.39 is 0 Å². The highest BCUT2D eigenvalue weighted by molar-refractivity contribution is 5.73. The van der Waals surface area contributed by atoms with Gasteiger partial charge in [0.25, 0.3) is 0 Å². The van der Waals surface area contributed by atoms with Gasteiger partial charge in [0, 0.05) is 18.7 Å². The van der Waals surface area contributed by atoms with E-state index in [0.717, 1.165) is 37.1 Å². The summed E-state index contributed by atoms with van der Waals surface area (Å²) in [5.41, 5.74) is 0.994. The van der Waals surface area contributed by atoms with Crippen molar-refractivity contribution >= 4 is 6.03 Å². The second-order valence-corrected chi connectivity index (χ2v) is 4.36. The summed E-state index contributed by atoms with van der Waals surface area (Å²) < 4.78 is 5.51. The molecule has 0 atom stereocenters. The van der Waals surface area contributed by atoms with Crippen molar-refractivity contribution in [2.45, 2.75) is 39.7 Å². The minimum atomic E-state index is -0.123. The van der Waals surface area contributed by atoms with Gasteiger partial charge in [0.05, 0.1) is 6.61 Å². The number of nitrogens with one attached hydrogen (secondary N) is 2. The fourth-order valence-electron chi connectivity index (χ4n) is 1.76. The third-order valence-corrected chi connectivity index (χ3v) is 2.78. The highest BCUT2D eigenvalue weighted by Gasteiger charge is 2.04. The maximum absolute atomic E-state index is 11.6. The molecule has 0 spiro atoms. The topological polar surface area (TPSA) is 50.4 Å². The highest BCUT2D eigenvalue weighted by atomic mass is 16.5. The molecule has 0 aromatic heterocycles. The highest BCUT2D eigenvalue weighted by Crippen LogP contribution is 2.17. The number of urea groups is 1. The standard InChI is InChI=1S/C15H24N2O2/c1-3-5-8-11-16-15(18)17-12-13-9-6-7-10-14(13)19-4-2/h6-7,9-10H,3-5,8,11-12H2,1-2H3,(H2,16,17,18). The molecule has 4 heteroatoms. The largest absolute Gasteiger partial charge is 0.494 e. The Morgan fingerprint density at radius 1 is 1.16 bits per heavy atom. The lowest BCUT2D eigenvalue weighted by Gasteiger charge is -2.11. The van der Waals surface area contributed by atoms with Crippen molar-refractivity contribution in [3.05, 3.63) is 29.8 Å². The third-order valence-electron chi connectivity index (χ3n) is 2.78. The van der Waals surface area contributed by atoms with Gasteiger partial charge in [-0.3, -0.25) is 0 Å². The van der Waals surface area contributed by atoms with Crippen LogP contribution < -0.4 is 15.4 Å². The molecular weight excluding hydrogens is 240 g/mol. The molecule has 0 radical (unpaired) electrons. The molecular formula is C15H24N2O2. The molecule has 0 aliphatic rings. The van der Waals surface area contributed by atoms with E-state index in [1.165, 1.54) is 0 Å². The monoisotopic (exact) mass is 264 g/mol. The maximum Gasteiger partial charge on any atom is 0.315 e. The number of ether oxygens (including phenoxy) is 1. The molecule has 0 unspecified atom stereocenters. The molecule has 0 heterocycles. The zero-order valence-electron chi connectivity index (χ0n) is 11.9. The van der Waals surface area contributed by atoms with Crippen LogP contribution in [0.2, 0.25) is 0 Å². The SMILES string of the molecule is CCCCCNC(=O)NCc1ccccc1OCC. The van der Waals surface area contributed by atoms with E-state index in [2.05, 4.69) is 17.6 Å². The molecule has 2 N–H and O–H groups in total. The maximum atomic E-state index is 11.6. The average Bonchev–Trinajstić information content (AvgIpc) is 2.43. The first-order valence-electron chi connectivity index (χ1n) is 7.00. The molecule has 0 aliphatic carbocycles. The molecule has 0 aliphatic heterocycles. The van der Waals surface area contributed by atoms with Crippen LogP contribution in [-0.2, 0) is 6.54 Å². The fraction of sp³-hybridized carbons (Fsp3) is 0.533. The minimum Gasteiger partial charge on any atom is -0.494 e. The zero-order valence-corrected chi connectivity index (χ0v) is 11.9. The summed E-state index contributed by atoms with van der Waals surface area (Å²) in [6.45, 7) is 5.93. The Bertz CT molecular complexity index is 380. The Hall–Kier alpha value is -1.71. The third kappa shape index (κ3) is 6.13. The minimum absolute atomic E-state index is 0.123. The van der Waals surface area contributed by atoms with Crippen molar-refractivity contribution in [3.63, 3.8) is 0 Å². The van der Waals surface area contributed by atoms with Gasteiger partial charge in [0.15, 0.2) is 0 Å². The predicted octanol–water partition coefficient (Wildman–Crippen LogP) is 3.07. The molecule has 0 saturated heterocycles. The van der Waals surface area contributed by atoms with Gasteiger partial charge in [-0.2, -0.15) is 0 Å². The fourth-order valence-corrected chi connectivity index (χ4v) is 1.76. The molecule has 4 nitrogen and oxygen atoms in total. The summed E-state index contributed by atoms with van der Waals surface area (Å²) in [6, 6.07) is 7.63. The first-order valence-corrected chi connectivity index (χ1v) is 7.00. The molecule has 19 heavy (non-hydrogen) atoms. The quantitative estimate of drug-likeness (QED) is 0.709. The zero-order chi connectivity index (χ0) is 13.9. The van der Waals surface area contributed by atoms with Gasteiger partial charge < -0.3 is 15.4 Å². The van der Waals surface area contributed by atoms with Gasteiger partial charge in [-0.1, -0.05) is 38.0 Å². The van der Waals surface area contributed by atoms with Crippen molar-refractivity contribution in [3.8, 4) is 5.75 Å². The Morgan fingerprint density at radius 2 is 1.95 bits per heavy atom. The second-order valence-electron chi connectivity index (χ2n) is 4.36. The molecule has 0 bridgehead atoms. The first kappa shape index (κ1) is 15.3. The normalized spacial score (nSPS) is 10.0. The van der Waals surface area contributed by atoms with Crippen LogP contribution in [-0.4, -0.2) is 19.2 Å². The van der Waals surface area contributed by atoms with E-state index in [9.17, 15) is 4.79 Å². The van der Waals surface area contributed by atoms with Gasteiger partial charge in [0.2, 0.25) is 0 Å². The van der Waals surface area contributed by atoms with Crippen LogP contribution in [0, 0.1) is 0 Å². The summed E-state index contributed by atoms with van der Waals surface area (Å²) in [7, 11) is 0. The van der Waals surface area contributed by atoms with Crippen LogP contribution in [0.25, 0.3) is 0 Å². The molecule has 0 saturated carbocycles. The smallest absolute Gasteiger partial charge is 0.315 e. The summed E-state index contributed by atoms with van der Waals surface area (Å²) in [5, 5.41) is 5.69. The molecule has 2 amide bonds. The van der Waals surface area contributed by atoms with Crippen LogP contribution in [0.1, 0.15) is 38.7 Å². The average molecular weight is 264 g/mol. The van der Waals surface area contributed by atoms with E-state index in [0.29, 0.717) is 13.2 Å². The lowest BCUT2D eigenvalue weighted by atomic mass is 10.2. The number of rotatable bonds is 8. The number of hydrogen-bond acceptors (Lipinski definition) is 2. The Labute approximate surface area is 115 Å². The lowest BCUT2D eigenvalue weighted by Crippen LogP contribution is -2.35. The number of amides is 2. The van der Waals surface area contributed by atoms with Gasteiger partial charge in [-0.25, -0.2) is 4.79 Å². The summed E-state index contributed by atoms with van der Waals surface area (Å²) in [4.78, 5) is 11.6. The molecule has 1 rings (SSSR count). The first-order chi connectivity index (χ1) is 9.27. The van der Waals surface area contributed by atoms with Crippen molar-refractivity contribution in [1.82, 2.24) is 10.6 Å². The number of unbranched alkanes of at least 4 members (excludes halogenated alkanes) is 2. The van der Waals surface area contributed by atoms with Crippen LogP contribution in [0.3, 0.4) is 0 Å². The summed E-state index contributed by atoms with van der Waals surface area (Å²) >= 11 is 0. The van der Waals surface area contributed by atoms with Crippen molar-refractivity contribution in [1.29, 1.82) is 0 Å². The van der Waals surface area contributed by atoms with E-state index in [4.69, 9.17) is 4.74 Å². The molecule has 1 aromatic rings. The van der Waals surface area contributed by atoms with E-state index in [1.807, 2.05) is 31.2 Å². The molecule has 1 aromatic carbocycles. The predicted molar refractivity (Wildman–Crippen MR) is 77.4 cm³/mol. The molecule has 0 fully saturated rings. The van der Waals surface area contributed by atoms with Crippen molar-refractivity contribution < 1.29 is 9.53 Å². The van der Waals surface area contributed by atoms with Gasteiger partial charge >= 0.3 is 6.03 Å². The van der Waals surface area contributed by atoms with Crippen LogP contribution in [0.4, 0.5) is 4.79 Å². The van der Waals surface area contributed by atoms with Gasteiger partial charge in [-0.05, 0) is 19.4 Å². The Kier molecular flexibility index (Phi) is 7.47. The van der Waals surface area contributed by atoms with E-state index in [-0.39, 0.29) is 6.03 Å². The molecule has 106 valence electrons. The number of carbonyl (C=O) groups excluding carboxylic acids is 1. The van der Waals surface area contributed by atoms with E-state index >= 15 is 0 Å². The van der Waals surface area contributed by atoms with Gasteiger partial charge in [-0.15, -0.1) is 0 Å². The van der Waals surface area contributed by atoms with E-state index in [1.54, 1.807) is 0 Å². The Morgan fingerprint density at radius 3 is 2.68 bits per heavy atom. The summed E-state index contributed by atoms with van der Waals surface area (Å²) in [6.07, 6.45) is 3.33. The van der Waals surface area contributed by atoms with Crippen LogP contribution in [0.15, 0.2) is 24.3 Å². The Balaban J connectivity index is 2.33. The number of hydrogen-bond donors (Lipinski definition) is 2.